The Morgan fingerprint density at radius 2 is 1.68 bits per heavy atom. The number of benzene rings is 1. The van der Waals surface area contributed by atoms with Crippen molar-refractivity contribution in [2.75, 3.05) is 38.5 Å². The summed E-state index contributed by atoms with van der Waals surface area (Å²) in [5, 5.41) is 2.93. The molecule has 2 amide bonds. The van der Waals surface area contributed by atoms with E-state index in [0.717, 1.165) is 39.0 Å². The van der Waals surface area contributed by atoms with Gasteiger partial charge in [0.2, 0.25) is 5.91 Å². The molecule has 0 aromatic heterocycles. The van der Waals surface area contributed by atoms with Crippen LogP contribution in [0.2, 0.25) is 0 Å². The number of para-hydroxylation sites is 1. The third-order valence-electron chi connectivity index (χ3n) is 4.73. The Labute approximate surface area is 151 Å². The van der Waals surface area contributed by atoms with Crippen molar-refractivity contribution >= 4 is 17.5 Å². The van der Waals surface area contributed by atoms with Crippen LogP contribution in [0.15, 0.2) is 24.3 Å². The van der Waals surface area contributed by atoms with E-state index in [-0.39, 0.29) is 11.8 Å². The van der Waals surface area contributed by atoms with Crippen LogP contribution in [0.5, 0.6) is 0 Å². The van der Waals surface area contributed by atoms with Crippen LogP contribution in [-0.4, -0.2) is 54.8 Å². The number of hydrogen-bond donors (Lipinski definition) is 1. The number of hydrogen-bond acceptors (Lipinski definition) is 3. The fourth-order valence-electron chi connectivity index (χ4n) is 3.06. The van der Waals surface area contributed by atoms with E-state index in [1.807, 2.05) is 23.1 Å². The lowest BCUT2D eigenvalue weighted by Crippen LogP contribution is -2.47. The lowest BCUT2D eigenvalue weighted by molar-refractivity contribution is -0.116. The highest BCUT2D eigenvalue weighted by Gasteiger charge is 2.22. The molecule has 1 fully saturated rings. The second-order valence-corrected chi connectivity index (χ2v) is 6.85. The Hall–Kier alpha value is -1.88. The van der Waals surface area contributed by atoms with E-state index in [4.69, 9.17) is 0 Å². The molecular formula is C20H31N3O2. The first-order valence-corrected chi connectivity index (χ1v) is 9.48. The van der Waals surface area contributed by atoms with Gasteiger partial charge in [-0.1, -0.05) is 44.7 Å². The molecule has 1 aliphatic rings. The Bertz CT molecular complexity index is 566. The lowest BCUT2D eigenvalue weighted by Gasteiger charge is -2.32. The largest absolute Gasteiger partial charge is 0.336 e. The maximum absolute atomic E-state index is 12.8. The molecule has 0 spiro atoms. The van der Waals surface area contributed by atoms with E-state index in [2.05, 4.69) is 24.2 Å². The second-order valence-electron chi connectivity index (χ2n) is 6.85. The summed E-state index contributed by atoms with van der Waals surface area (Å²) in [6.07, 6.45) is 6.12. The fraction of sp³-hybridized carbons (Fsp3) is 0.600. The van der Waals surface area contributed by atoms with Crippen LogP contribution in [0.1, 0.15) is 55.8 Å². The lowest BCUT2D eigenvalue weighted by atomic mass is 10.1. The molecule has 1 aromatic carbocycles. The third kappa shape index (κ3) is 6.16. The molecular weight excluding hydrogens is 314 g/mol. The zero-order valence-electron chi connectivity index (χ0n) is 15.6. The molecule has 1 saturated heterocycles. The van der Waals surface area contributed by atoms with Gasteiger partial charge in [0.25, 0.3) is 5.91 Å². The first-order chi connectivity index (χ1) is 12.1. The molecule has 2 rings (SSSR count). The molecule has 1 aliphatic heterocycles. The van der Waals surface area contributed by atoms with Crippen LogP contribution in [-0.2, 0) is 4.79 Å². The van der Waals surface area contributed by atoms with Crippen molar-refractivity contribution in [3.05, 3.63) is 29.8 Å². The van der Waals surface area contributed by atoms with Crippen molar-refractivity contribution in [2.45, 2.75) is 45.4 Å². The summed E-state index contributed by atoms with van der Waals surface area (Å²) >= 11 is 0. The summed E-state index contributed by atoms with van der Waals surface area (Å²) in [5.74, 6) is 0.00192. The minimum absolute atomic E-state index is 0.00451. The number of unbranched alkanes of at least 4 members (excludes halogenated alkanes) is 4. The van der Waals surface area contributed by atoms with Gasteiger partial charge in [-0.25, -0.2) is 0 Å². The topological polar surface area (TPSA) is 52.7 Å². The van der Waals surface area contributed by atoms with Gasteiger partial charge in [0, 0.05) is 32.6 Å². The molecule has 0 bridgehead atoms. The van der Waals surface area contributed by atoms with Crippen molar-refractivity contribution < 1.29 is 9.59 Å². The van der Waals surface area contributed by atoms with Crippen LogP contribution in [0.3, 0.4) is 0 Å². The van der Waals surface area contributed by atoms with Crippen molar-refractivity contribution in [2.24, 2.45) is 0 Å². The number of nitrogens with zero attached hydrogens (tertiary/aromatic N) is 2. The molecule has 5 nitrogen and oxygen atoms in total. The number of carbonyl (C=O) groups excluding carboxylic acids is 2. The normalized spacial score (nSPS) is 15.2. The van der Waals surface area contributed by atoms with Gasteiger partial charge in [0.15, 0.2) is 0 Å². The van der Waals surface area contributed by atoms with Gasteiger partial charge in [-0.2, -0.15) is 0 Å². The van der Waals surface area contributed by atoms with E-state index in [9.17, 15) is 9.59 Å². The predicted octanol–water partition coefficient (Wildman–Crippen LogP) is 3.37. The van der Waals surface area contributed by atoms with Gasteiger partial charge in [-0.3, -0.25) is 9.59 Å². The number of rotatable bonds is 8. The van der Waals surface area contributed by atoms with E-state index in [1.165, 1.54) is 19.3 Å². The maximum atomic E-state index is 12.8. The van der Waals surface area contributed by atoms with Crippen LogP contribution in [0.25, 0.3) is 0 Å². The van der Waals surface area contributed by atoms with E-state index < -0.39 is 0 Å². The Balaban J connectivity index is 1.91. The number of nitrogens with one attached hydrogen (secondary N) is 1. The Kier molecular flexibility index (Phi) is 7.92. The smallest absolute Gasteiger partial charge is 0.256 e. The number of piperazine rings is 1. The second kappa shape index (κ2) is 10.2. The maximum Gasteiger partial charge on any atom is 0.256 e. The number of amides is 2. The van der Waals surface area contributed by atoms with Gasteiger partial charge in [0.1, 0.15) is 0 Å². The molecule has 25 heavy (non-hydrogen) atoms. The predicted molar refractivity (Wildman–Crippen MR) is 102 cm³/mol. The Morgan fingerprint density at radius 1 is 1.00 bits per heavy atom. The van der Waals surface area contributed by atoms with Gasteiger partial charge < -0.3 is 15.1 Å². The third-order valence-corrected chi connectivity index (χ3v) is 4.73. The van der Waals surface area contributed by atoms with E-state index in [0.29, 0.717) is 17.7 Å². The molecule has 1 aromatic rings. The average molecular weight is 345 g/mol. The van der Waals surface area contributed by atoms with E-state index >= 15 is 0 Å². The summed E-state index contributed by atoms with van der Waals surface area (Å²) in [6.45, 7) is 5.42. The molecule has 0 atom stereocenters. The highest BCUT2D eigenvalue weighted by molar-refractivity contribution is 6.03. The highest BCUT2D eigenvalue weighted by Crippen LogP contribution is 2.19. The molecule has 1 heterocycles. The fourth-order valence-corrected chi connectivity index (χ4v) is 3.06. The summed E-state index contributed by atoms with van der Waals surface area (Å²) in [4.78, 5) is 29.1. The molecule has 1 N–H and O–H groups in total. The number of carbonyl (C=O) groups is 2. The summed E-state index contributed by atoms with van der Waals surface area (Å²) in [7, 11) is 2.07. The number of likely N-dealkylation sites (N-methyl/N-ethyl adjacent to an activating group) is 1. The van der Waals surface area contributed by atoms with Gasteiger partial charge in [-0.15, -0.1) is 0 Å². The summed E-state index contributed by atoms with van der Waals surface area (Å²) in [5.41, 5.74) is 1.22. The van der Waals surface area contributed by atoms with Crippen LogP contribution in [0, 0.1) is 0 Å². The molecule has 0 radical (unpaired) electrons. The summed E-state index contributed by atoms with van der Waals surface area (Å²) in [6, 6.07) is 7.33. The van der Waals surface area contributed by atoms with Gasteiger partial charge in [-0.05, 0) is 25.6 Å². The highest BCUT2D eigenvalue weighted by atomic mass is 16.2. The average Bonchev–Trinajstić information content (AvgIpc) is 2.62. The molecule has 138 valence electrons. The minimum Gasteiger partial charge on any atom is -0.336 e. The monoisotopic (exact) mass is 345 g/mol. The zero-order chi connectivity index (χ0) is 18.1. The molecule has 0 saturated carbocycles. The number of anilines is 1. The van der Waals surface area contributed by atoms with E-state index in [1.54, 1.807) is 6.07 Å². The van der Waals surface area contributed by atoms with Crippen molar-refractivity contribution in [3.63, 3.8) is 0 Å². The SMILES string of the molecule is CCCCCCCC(=O)Nc1ccccc1C(=O)N1CCN(C)CC1. The standard InChI is InChI=1S/C20H31N3O2/c1-3-4-5-6-7-12-19(24)21-18-11-9-8-10-17(18)20(25)23-15-13-22(2)14-16-23/h8-11H,3-7,12-16H2,1-2H3,(H,21,24). The first-order valence-electron chi connectivity index (χ1n) is 9.48. The molecule has 0 unspecified atom stereocenters. The Morgan fingerprint density at radius 3 is 2.40 bits per heavy atom. The zero-order valence-corrected chi connectivity index (χ0v) is 15.6. The first kappa shape index (κ1) is 19.4. The summed E-state index contributed by atoms with van der Waals surface area (Å²) < 4.78 is 0. The van der Waals surface area contributed by atoms with Crippen LogP contribution < -0.4 is 5.32 Å². The van der Waals surface area contributed by atoms with Crippen LogP contribution >= 0.6 is 0 Å². The van der Waals surface area contributed by atoms with Crippen molar-refractivity contribution in [3.8, 4) is 0 Å². The molecule has 5 heteroatoms. The molecule has 0 aliphatic carbocycles. The van der Waals surface area contributed by atoms with Crippen molar-refractivity contribution in [1.29, 1.82) is 0 Å². The quantitative estimate of drug-likeness (QED) is 0.735. The van der Waals surface area contributed by atoms with Crippen molar-refractivity contribution in [1.82, 2.24) is 9.80 Å². The van der Waals surface area contributed by atoms with Gasteiger partial charge in [0.05, 0.1) is 11.3 Å². The van der Waals surface area contributed by atoms with Gasteiger partial charge >= 0.3 is 0 Å². The van der Waals surface area contributed by atoms with Crippen LogP contribution in [0.4, 0.5) is 5.69 Å². The minimum atomic E-state index is -0.00451.